The second-order valence-electron chi connectivity index (χ2n) is 4.61. The van der Waals surface area contributed by atoms with Crippen molar-refractivity contribution in [3.63, 3.8) is 0 Å². The summed E-state index contributed by atoms with van der Waals surface area (Å²) in [5, 5.41) is 8.86. The van der Waals surface area contributed by atoms with E-state index in [2.05, 4.69) is 24.5 Å². The molecule has 90 valence electrons. The predicted octanol–water partition coefficient (Wildman–Crippen LogP) is 2.18. The van der Waals surface area contributed by atoms with Gasteiger partial charge in [0, 0.05) is 19.2 Å². The number of rotatable bonds is 7. The van der Waals surface area contributed by atoms with E-state index >= 15 is 0 Å². The van der Waals surface area contributed by atoms with Crippen molar-refractivity contribution in [2.24, 2.45) is 5.92 Å². The molecule has 1 aliphatic rings. The lowest BCUT2D eigenvalue weighted by molar-refractivity contribution is 0.194. The van der Waals surface area contributed by atoms with Crippen molar-refractivity contribution >= 4 is 12.6 Å². The molecule has 2 unspecified atom stereocenters. The molecule has 0 aromatic carbocycles. The van der Waals surface area contributed by atoms with Crippen LogP contribution in [-0.2, 0) is 0 Å². The number of hydrogen-bond acceptors (Lipinski definition) is 3. The van der Waals surface area contributed by atoms with Gasteiger partial charge in [-0.25, -0.2) is 0 Å². The third kappa shape index (κ3) is 4.33. The molecular weight excluding hydrogens is 206 g/mol. The molecule has 1 heterocycles. The summed E-state index contributed by atoms with van der Waals surface area (Å²) < 4.78 is 0. The summed E-state index contributed by atoms with van der Waals surface area (Å²) in [6.45, 7) is 5.05. The first-order chi connectivity index (χ1) is 7.31. The van der Waals surface area contributed by atoms with Gasteiger partial charge in [-0.3, -0.25) is 0 Å². The monoisotopic (exact) mass is 231 g/mol. The Labute approximate surface area is 99.5 Å². The molecule has 1 rings (SSSR count). The zero-order valence-corrected chi connectivity index (χ0v) is 10.8. The summed E-state index contributed by atoms with van der Waals surface area (Å²) in [6, 6.07) is 0.728. The van der Waals surface area contributed by atoms with Crippen LogP contribution >= 0.6 is 12.6 Å². The lowest BCUT2D eigenvalue weighted by Crippen LogP contribution is -2.34. The van der Waals surface area contributed by atoms with Gasteiger partial charge in [0.2, 0.25) is 0 Å². The van der Waals surface area contributed by atoms with Crippen molar-refractivity contribution in [1.82, 2.24) is 4.90 Å². The predicted molar refractivity (Wildman–Crippen MR) is 68.5 cm³/mol. The highest BCUT2D eigenvalue weighted by Gasteiger charge is 2.25. The van der Waals surface area contributed by atoms with Crippen LogP contribution in [0.15, 0.2) is 0 Å². The SMILES string of the molecule is CCC(CS)CN1CCCC1CCCO. The molecule has 3 heteroatoms. The van der Waals surface area contributed by atoms with Crippen LogP contribution in [0.25, 0.3) is 0 Å². The smallest absolute Gasteiger partial charge is 0.0431 e. The van der Waals surface area contributed by atoms with Gasteiger partial charge in [0.1, 0.15) is 0 Å². The van der Waals surface area contributed by atoms with E-state index in [-0.39, 0.29) is 0 Å². The second kappa shape index (κ2) is 7.53. The number of nitrogens with zero attached hydrogens (tertiary/aromatic N) is 1. The average molecular weight is 231 g/mol. The van der Waals surface area contributed by atoms with Gasteiger partial charge in [0.25, 0.3) is 0 Å². The Morgan fingerprint density at radius 2 is 2.33 bits per heavy atom. The van der Waals surface area contributed by atoms with Crippen molar-refractivity contribution in [1.29, 1.82) is 0 Å². The summed E-state index contributed by atoms with van der Waals surface area (Å²) in [5.41, 5.74) is 0. The van der Waals surface area contributed by atoms with Gasteiger partial charge in [-0.1, -0.05) is 13.3 Å². The Bertz CT molecular complexity index is 162. The molecule has 1 N–H and O–H groups in total. The summed E-state index contributed by atoms with van der Waals surface area (Å²) in [6.07, 6.45) is 6.01. The quantitative estimate of drug-likeness (QED) is 0.656. The Hall–Kier alpha value is 0.270. The van der Waals surface area contributed by atoms with Crippen molar-refractivity contribution < 1.29 is 5.11 Å². The van der Waals surface area contributed by atoms with E-state index in [0.29, 0.717) is 6.61 Å². The van der Waals surface area contributed by atoms with Crippen molar-refractivity contribution in [2.75, 3.05) is 25.4 Å². The van der Waals surface area contributed by atoms with E-state index in [1.165, 1.54) is 38.8 Å². The molecule has 0 aliphatic carbocycles. The molecule has 0 spiro atoms. The fraction of sp³-hybridized carbons (Fsp3) is 1.00. The molecule has 2 atom stereocenters. The van der Waals surface area contributed by atoms with Gasteiger partial charge in [-0.05, 0) is 43.9 Å². The molecule has 15 heavy (non-hydrogen) atoms. The first-order valence-electron chi connectivity index (χ1n) is 6.27. The number of thiol groups is 1. The minimum Gasteiger partial charge on any atom is -0.396 e. The van der Waals surface area contributed by atoms with E-state index < -0.39 is 0 Å². The van der Waals surface area contributed by atoms with Gasteiger partial charge in [0.15, 0.2) is 0 Å². The van der Waals surface area contributed by atoms with E-state index in [4.69, 9.17) is 5.11 Å². The van der Waals surface area contributed by atoms with Crippen LogP contribution in [0, 0.1) is 5.92 Å². The molecule has 1 aliphatic heterocycles. The van der Waals surface area contributed by atoms with Crippen LogP contribution in [0.2, 0.25) is 0 Å². The molecule has 0 aromatic rings. The standard InChI is InChI=1S/C12H25NOS/c1-2-11(10-15)9-13-7-3-5-12(13)6-4-8-14/h11-12,14-15H,2-10H2,1H3. The Kier molecular flexibility index (Phi) is 6.69. The van der Waals surface area contributed by atoms with Crippen LogP contribution in [-0.4, -0.2) is 41.5 Å². The fourth-order valence-corrected chi connectivity index (χ4v) is 2.81. The molecule has 0 amide bonds. The maximum Gasteiger partial charge on any atom is 0.0431 e. The highest BCUT2D eigenvalue weighted by atomic mass is 32.1. The van der Waals surface area contributed by atoms with Crippen LogP contribution in [0.5, 0.6) is 0 Å². The molecule has 0 aromatic heterocycles. The molecule has 1 saturated heterocycles. The van der Waals surface area contributed by atoms with Crippen LogP contribution in [0.3, 0.4) is 0 Å². The largest absolute Gasteiger partial charge is 0.396 e. The molecular formula is C12H25NOS. The highest BCUT2D eigenvalue weighted by molar-refractivity contribution is 7.80. The Morgan fingerprint density at radius 3 is 2.93 bits per heavy atom. The van der Waals surface area contributed by atoms with Crippen LogP contribution in [0.1, 0.15) is 39.0 Å². The number of aliphatic hydroxyl groups excluding tert-OH is 1. The van der Waals surface area contributed by atoms with Gasteiger partial charge >= 0.3 is 0 Å². The summed E-state index contributed by atoms with van der Waals surface area (Å²) in [7, 11) is 0. The van der Waals surface area contributed by atoms with Gasteiger partial charge in [0.05, 0.1) is 0 Å². The van der Waals surface area contributed by atoms with Crippen molar-refractivity contribution in [3.8, 4) is 0 Å². The first-order valence-corrected chi connectivity index (χ1v) is 6.90. The average Bonchev–Trinajstić information content (AvgIpc) is 2.70. The molecule has 2 nitrogen and oxygen atoms in total. The second-order valence-corrected chi connectivity index (χ2v) is 4.98. The minimum atomic E-state index is 0.341. The molecule has 0 saturated carbocycles. The fourth-order valence-electron chi connectivity index (χ4n) is 2.44. The molecule has 0 bridgehead atoms. The lowest BCUT2D eigenvalue weighted by atomic mass is 10.1. The number of hydrogen-bond donors (Lipinski definition) is 2. The zero-order chi connectivity index (χ0) is 11.1. The maximum atomic E-state index is 8.86. The van der Waals surface area contributed by atoms with E-state index in [9.17, 15) is 0 Å². The Morgan fingerprint density at radius 1 is 1.53 bits per heavy atom. The molecule has 1 fully saturated rings. The highest BCUT2D eigenvalue weighted by Crippen LogP contribution is 2.23. The van der Waals surface area contributed by atoms with Crippen LogP contribution < -0.4 is 0 Å². The summed E-state index contributed by atoms with van der Waals surface area (Å²) in [5.74, 6) is 1.74. The maximum absolute atomic E-state index is 8.86. The van der Waals surface area contributed by atoms with Gasteiger partial charge in [-0.2, -0.15) is 12.6 Å². The molecule has 0 radical (unpaired) electrons. The van der Waals surface area contributed by atoms with E-state index in [1.807, 2.05) is 0 Å². The van der Waals surface area contributed by atoms with Crippen molar-refractivity contribution in [3.05, 3.63) is 0 Å². The van der Waals surface area contributed by atoms with Crippen molar-refractivity contribution in [2.45, 2.75) is 45.1 Å². The summed E-state index contributed by atoms with van der Waals surface area (Å²) >= 11 is 4.40. The first kappa shape index (κ1) is 13.3. The third-order valence-electron chi connectivity index (χ3n) is 3.52. The van der Waals surface area contributed by atoms with E-state index in [0.717, 1.165) is 24.1 Å². The minimum absolute atomic E-state index is 0.341. The van der Waals surface area contributed by atoms with Crippen LogP contribution in [0.4, 0.5) is 0 Å². The third-order valence-corrected chi connectivity index (χ3v) is 4.04. The normalized spacial score (nSPS) is 24.6. The lowest BCUT2D eigenvalue weighted by Gasteiger charge is -2.27. The topological polar surface area (TPSA) is 23.5 Å². The number of aliphatic hydroxyl groups is 1. The summed E-state index contributed by atoms with van der Waals surface area (Å²) in [4.78, 5) is 2.61. The number of likely N-dealkylation sites (tertiary alicyclic amines) is 1. The zero-order valence-electron chi connectivity index (χ0n) is 9.86. The Balaban J connectivity index is 2.31. The van der Waals surface area contributed by atoms with Gasteiger partial charge < -0.3 is 10.0 Å². The van der Waals surface area contributed by atoms with E-state index in [1.54, 1.807) is 0 Å². The van der Waals surface area contributed by atoms with Gasteiger partial charge in [-0.15, -0.1) is 0 Å².